The van der Waals surface area contributed by atoms with Crippen LogP contribution in [0, 0.1) is 0 Å². The minimum atomic E-state index is 0.402. The normalized spacial score (nSPS) is 19.7. The highest BCUT2D eigenvalue weighted by Gasteiger charge is 2.22. The Morgan fingerprint density at radius 3 is 2.65 bits per heavy atom. The van der Waals surface area contributed by atoms with Crippen molar-refractivity contribution in [1.82, 2.24) is 4.90 Å². The molecule has 1 unspecified atom stereocenters. The molecule has 23 heavy (non-hydrogen) atoms. The highest BCUT2D eigenvalue weighted by atomic mass is 16.6. The molecular formula is C20H21NO2. The van der Waals surface area contributed by atoms with Gasteiger partial charge in [-0.1, -0.05) is 48.5 Å². The summed E-state index contributed by atoms with van der Waals surface area (Å²) in [5, 5.41) is 0. The first-order valence-corrected chi connectivity index (χ1v) is 8.25. The Hall–Kier alpha value is -2.42. The Labute approximate surface area is 137 Å². The monoisotopic (exact) mass is 307 g/mol. The number of para-hydroxylation sites is 1. The fraction of sp³-hybridized carbons (Fsp3) is 0.300. The molecule has 0 aromatic heterocycles. The minimum absolute atomic E-state index is 0.402. The zero-order valence-electron chi connectivity index (χ0n) is 13.2. The number of hydrogen-bond acceptors (Lipinski definition) is 3. The number of hydrogen-bond donors (Lipinski definition) is 0. The lowest BCUT2D eigenvalue weighted by molar-refractivity contribution is 0.169. The van der Waals surface area contributed by atoms with Gasteiger partial charge in [0.15, 0.2) is 11.5 Å². The van der Waals surface area contributed by atoms with E-state index < -0.39 is 0 Å². The number of ether oxygens (including phenoxy) is 2. The van der Waals surface area contributed by atoms with E-state index in [0.29, 0.717) is 19.1 Å². The Kier molecular flexibility index (Phi) is 3.93. The van der Waals surface area contributed by atoms with Gasteiger partial charge in [-0.3, -0.25) is 0 Å². The van der Waals surface area contributed by atoms with Crippen molar-refractivity contribution in [3.63, 3.8) is 0 Å². The molecule has 0 N–H and O–H groups in total. The van der Waals surface area contributed by atoms with E-state index >= 15 is 0 Å². The summed E-state index contributed by atoms with van der Waals surface area (Å²) in [6, 6.07) is 16.8. The molecule has 4 rings (SSSR count). The van der Waals surface area contributed by atoms with Crippen molar-refractivity contribution >= 4 is 0 Å². The van der Waals surface area contributed by atoms with Crippen LogP contribution < -0.4 is 9.47 Å². The lowest BCUT2D eigenvalue weighted by atomic mass is 9.92. The largest absolute Gasteiger partial charge is 0.486 e. The van der Waals surface area contributed by atoms with Gasteiger partial charge in [0.05, 0.1) is 0 Å². The number of fused-ring (bicyclic) bond motifs is 1. The second-order valence-corrected chi connectivity index (χ2v) is 6.06. The fourth-order valence-corrected chi connectivity index (χ4v) is 3.30. The van der Waals surface area contributed by atoms with Crippen LogP contribution >= 0.6 is 0 Å². The van der Waals surface area contributed by atoms with Crippen molar-refractivity contribution < 1.29 is 9.47 Å². The van der Waals surface area contributed by atoms with Gasteiger partial charge in [0.25, 0.3) is 0 Å². The predicted molar refractivity (Wildman–Crippen MR) is 90.8 cm³/mol. The van der Waals surface area contributed by atoms with Crippen LogP contribution in [0.2, 0.25) is 0 Å². The molecule has 0 saturated carbocycles. The van der Waals surface area contributed by atoms with Gasteiger partial charge in [0, 0.05) is 24.6 Å². The smallest absolute Gasteiger partial charge is 0.165 e. The van der Waals surface area contributed by atoms with E-state index in [1.807, 2.05) is 6.07 Å². The lowest BCUT2D eigenvalue weighted by Crippen LogP contribution is -2.24. The Morgan fingerprint density at radius 1 is 0.957 bits per heavy atom. The van der Waals surface area contributed by atoms with Crippen molar-refractivity contribution in [2.24, 2.45) is 0 Å². The van der Waals surface area contributed by atoms with Gasteiger partial charge in [-0.15, -0.1) is 0 Å². The predicted octanol–water partition coefficient (Wildman–Crippen LogP) is 3.96. The van der Waals surface area contributed by atoms with Gasteiger partial charge in [0.2, 0.25) is 0 Å². The average Bonchev–Trinajstić information content (AvgIpc) is 2.63. The van der Waals surface area contributed by atoms with Crippen LogP contribution in [0.15, 0.2) is 60.8 Å². The van der Waals surface area contributed by atoms with Gasteiger partial charge in [-0.05, 0) is 24.3 Å². The number of rotatable bonds is 3. The molecule has 0 bridgehead atoms. The van der Waals surface area contributed by atoms with Crippen LogP contribution in [0.5, 0.6) is 11.5 Å². The summed E-state index contributed by atoms with van der Waals surface area (Å²) in [5.74, 6) is 2.22. The Morgan fingerprint density at radius 2 is 1.83 bits per heavy atom. The summed E-state index contributed by atoms with van der Waals surface area (Å²) in [6.45, 7) is 3.31. The molecule has 0 radical (unpaired) electrons. The maximum Gasteiger partial charge on any atom is 0.165 e. The molecule has 118 valence electrons. The average molecular weight is 307 g/mol. The van der Waals surface area contributed by atoms with Gasteiger partial charge in [-0.2, -0.15) is 0 Å². The zero-order chi connectivity index (χ0) is 15.5. The molecule has 2 aliphatic heterocycles. The standard InChI is InChI=1S/C20H21NO2/c1-2-5-16(6-3-1)15-21-11-9-17(10-12-21)18-7-4-8-19-20(18)23-14-13-22-19/h1-9,11,17H,10,12-15H2. The molecule has 1 atom stereocenters. The van der Waals surface area contributed by atoms with Crippen LogP contribution in [0.3, 0.4) is 0 Å². The lowest BCUT2D eigenvalue weighted by Gasteiger charge is -2.30. The summed E-state index contributed by atoms with van der Waals surface area (Å²) in [5.41, 5.74) is 2.60. The fourth-order valence-electron chi connectivity index (χ4n) is 3.30. The van der Waals surface area contributed by atoms with E-state index in [2.05, 4.69) is 59.6 Å². The van der Waals surface area contributed by atoms with Crippen molar-refractivity contribution in [3.8, 4) is 11.5 Å². The first-order valence-electron chi connectivity index (χ1n) is 8.25. The zero-order valence-corrected chi connectivity index (χ0v) is 13.2. The maximum atomic E-state index is 5.86. The molecule has 2 aromatic rings. The molecular weight excluding hydrogens is 286 g/mol. The second kappa shape index (κ2) is 6.37. The second-order valence-electron chi connectivity index (χ2n) is 6.06. The summed E-state index contributed by atoms with van der Waals surface area (Å²) >= 11 is 0. The van der Waals surface area contributed by atoms with E-state index in [9.17, 15) is 0 Å². The molecule has 0 saturated heterocycles. The number of allylic oxidation sites excluding steroid dienone is 1. The van der Waals surface area contributed by atoms with Crippen LogP contribution in [-0.4, -0.2) is 24.7 Å². The van der Waals surface area contributed by atoms with Crippen LogP contribution in [0.4, 0.5) is 0 Å². The highest BCUT2D eigenvalue weighted by Crippen LogP contribution is 2.40. The van der Waals surface area contributed by atoms with E-state index in [1.54, 1.807) is 0 Å². The van der Waals surface area contributed by atoms with Gasteiger partial charge >= 0.3 is 0 Å². The van der Waals surface area contributed by atoms with E-state index in [0.717, 1.165) is 31.0 Å². The van der Waals surface area contributed by atoms with Gasteiger partial charge < -0.3 is 14.4 Å². The molecule has 3 heteroatoms. The van der Waals surface area contributed by atoms with Crippen molar-refractivity contribution in [3.05, 3.63) is 71.9 Å². The molecule has 2 heterocycles. The van der Waals surface area contributed by atoms with Crippen LogP contribution in [0.1, 0.15) is 23.5 Å². The first kappa shape index (κ1) is 14.2. The number of benzene rings is 2. The SMILES string of the molecule is C1=CN(Cc2ccccc2)CCC1c1cccc2c1OCCO2. The topological polar surface area (TPSA) is 21.7 Å². The summed E-state index contributed by atoms with van der Waals surface area (Å²) in [6.07, 6.45) is 5.62. The van der Waals surface area contributed by atoms with Gasteiger partial charge in [-0.25, -0.2) is 0 Å². The minimum Gasteiger partial charge on any atom is -0.486 e. The van der Waals surface area contributed by atoms with Crippen molar-refractivity contribution in [1.29, 1.82) is 0 Å². The van der Waals surface area contributed by atoms with Crippen molar-refractivity contribution in [2.45, 2.75) is 18.9 Å². The summed E-state index contributed by atoms with van der Waals surface area (Å²) < 4.78 is 11.6. The molecule has 0 aliphatic carbocycles. The van der Waals surface area contributed by atoms with Crippen molar-refractivity contribution in [2.75, 3.05) is 19.8 Å². The van der Waals surface area contributed by atoms with E-state index in [-0.39, 0.29) is 0 Å². The molecule has 2 aliphatic rings. The maximum absolute atomic E-state index is 5.86. The molecule has 0 amide bonds. The Balaban J connectivity index is 1.49. The van der Waals surface area contributed by atoms with E-state index in [4.69, 9.17) is 9.47 Å². The van der Waals surface area contributed by atoms with Crippen LogP contribution in [0.25, 0.3) is 0 Å². The number of nitrogens with zero attached hydrogens (tertiary/aromatic N) is 1. The Bertz CT molecular complexity index is 696. The molecule has 0 fully saturated rings. The third-order valence-electron chi connectivity index (χ3n) is 4.48. The highest BCUT2D eigenvalue weighted by molar-refractivity contribution is 5.50. The third-order valence-corrected chi connectivity index (χ3v) is 4.48. The molecule has 3 nitrogen and oxygen atoms in total. The summed E-state index contributed by atoms with van der Waals surface area (Å²) in [4.78, 5) is 2.37. The summed E-state index contributed by atoms with van der Waals surface area (Å²) in [7, 11) is 0. The quantitative estimate of drug-likeness (QED) is 0.856. The molecule has 2 aromatic carbocycles. The third kappa shape index (κ3) is 3.04. The van der Waals surface area contributed by atoms with Crippen LogP contribution in [-0.2, 0) is 6.54 Å². The van der Waals surface area contributed by atoms with E-state index in [1.165, 1.54) is 11.1 Å². The first-order chi connectivity index (χ1) is 11.4. The molecule has 0 spiro atoms. The van der Waals surface area contributed by atoms with Gasteiger partial charge in [0.1, 0.15) is 13.2 Å².